The third-order valence-corrected chi connectivity index (χ3v) is 3.87. The molecule has 0 bridgehead atoms. The first-order valence-electron chi connectivity index (χ1n) is 6.86. The monoisotopic (exact) mass is 335 g/mol. The Bertz CT molecular complexity index is 598. The van der Waals surface area contributed by atoms with Crippen molar-refractivity contribution < 1.29 is 4.74 Å². The van der Waals surface area contributed by atoms with E-state index >= 15 is 0 Å². The Labute approximate surface area is 127 Å². The number of rotatable bonds is 1. The van der Waals surface area contributed by atoms with E-state index in [1.54, 1.807) is 0 Å². The lowest BCUT2D eigenvalue weighted by atomic mass is 9.93. The predicted octanol–water partition coefficient (Wildman–Crippen LogP) is 3.58. The summed E-state index contributed by atoms with van der Waals surface area (Å²) in [5.74, 6) is 0.874. The van der Waals surface area contributed by atoms with Crippen LogP contribution in [0.3, 0.4) is 0 Å². The molecule has 1 atom stereocenters. The molecule has 0 spiro atoms. The van der Waals surface area contributed by atoms with Gasteiger partial charge in [0.15, 0.2) is 5.82 Å². The summed E-state index contributed by atoms with van der Waals surface area (Å²) < 4.78 is 8.57. The normalized spacial score (nSPS) is 24.8. The van der Waals surface area contributed by atoms with E-state index in [2.05, 4.69) is 70.2 Å². The van der Waals surface area contributed by atoms with E-state index in [4.69, 9.17) is 4.74 Å². The van der Waals surface area contributed by atoms with Gasteiger partial charge in [-0.2, -0.15) is 0 Å². The van der Waals surface area contributed by atoms with Gasteiger partial charge in [0.05, 0.1) is 0 Å². The summed E-state index contributed by atoms with van der Waals surface area (Å²) in [6.07, 6.45) is 11.5. The minimum atomic E-state index is -0.147. The van der Waals surface area contributed by atoms with Gasteiger partial charge in [0.25, 0.3) is 0 Å². The first-order chi connectivity index (χ1) is 9.55. The maximum atomic E-state index is 6.01. The number of halogens is 1. The number of aryl methyl sites for hydroxylation is 1. The van der Waals surface area contributed by atoms with Crippen LogP contribution in [-0.4, -0.2) is 21.4 Å². The summed E-state index contributed by atoms with van der Waals surface area (Å²) in [6, 6.07) is 0. The minimum Gasteiger partial charge on any atom is -0.365 e. The fourth-order valence-corrected chi connectivity index (χ4v) is 2.80. The maximum Gasteiger partial charge on any atom is 0.217 e. The topological polar surface area (TPSA) is 39.9 Å². The molecule has 0 N–H and O–H groups in total. The molecule has 0 amide bonds. The van der Waals surface area contributed by atoms with Crippen molar-refractivity contribution in [2.45, 2.75) is 32.9 Å². The molecule has 1 aromatic rings. The van der Waals surface area contributed by atoms with Crippen LogP contribution in [0.5, 0.6) is 0 Å². The molecule has 0 saturated carbocycles. The highest BCUT2D eigenvalue weighted by Crippen LogP contribution is 2.32. The van der Waals surface area contributed by atoms with Crippen LogP contribution >= 0.6 is 15.9 Å². The standard InChI is InChI=1S/C15H18BrN3O/c1-15(2)7-3-5-11(6-8-15)12-13-17-14(16)18-19(13)9-4-10-20-12/h3,5-8,12H,4,9-10H2,1-2H3. The molecule has 0 saturated heterocycles. The highest BCUT2D eigenvalue weighted by atomic mass is 79.9. The highest BCUT2D eigenvalue weighted by molar-refractivity contribution is 9.10. The SMILES string of the molecule is CC1(C)C=CC=C(C2OCCCn3nc(Br)nc32)C=C1. The molecular formula is C15H18BrN3O. The average Bonchev–Trinajstić information content (AvgIpc) is 2.54. The summed E-state index contributed by atoms with van der Waals surface area (Å²) in [5, 5.41) is 4.38. The van der Waals surface area contributed by atoms with Crippen molar-refractivity contribution in [3.8, 4) is 0 Å². The molecule has 1 aliphatic heterocycles. The van der Waals surface area contributed by atoms with Gasteiger partial charge in [0, 0.05) is 18.6 Å². The second-order valence-electron chi connectivity index (χ2n) is 5.75. The van der Waals surface area contributed by atoms with Crippen molar-refractivity contribution in [1.29, 1.82) is 0 Å². The van der Waals surface area contributed by atoms with Gasteiger partial charge in [-0.05, 0) is 27.9 Å². The van der Waals surface area contributed by atoms with Gasteiger partial charge < -0.3 is 4.74 Å². The Morgan fingerprint density at radius 1 is 1.40 bits per heavy atom. The van der Waals surface area contributed by atoms with Crippen LogP contribution < -0.4 is 0 Å². The Hall–Kier alpha value is -1.20. The largest absolute Gasteiger partial charge is 0.365 e. The van der Waals surface area contributed by atoms with E-state index in [0.717, 1.165) is 31.0 Å². The Morgan fingerprint density at radius 2 is 2.25 bits per heavy atom. The fourth-order valence-electron chi connectivity index (χ4n) is 2.42. The Morgan fingerprint density at radius 3 is 3.10 bits per heavy atom. The van der Waals surface area contributed by atoms with Crippen LogP contribution in [0.15, 0.2) is 40.7 Å². The van der Waals surface area contributed by atoms with Gasteiger partial charge >= 0.3 is 0 Å². The van der Waals surface area contributed by atoms with E-state index < -0.39 is 0 Å². The zero-order chi connectivity index (χ0) is 14.2. The lowest BCUT2D eigenvalue weighted by molar-refractivity contribution is 0.0806. The lowest BCUT2D eigenvalue weighted by Gasteiger charge is -2.16. The molecule has 4 nitrogen and oxygen atoms in total. The lowest BCUT2D eigenvalue weighted by Crippen LogP contribution is -2.11. The van der Waals surface area contributed by atoms with Crippen LogP contribution in [0, 0.1) is 5.41 Å². The molecule has 1 aromatic heterocycles. The van der Waals surface area contributed by atoms with Crippen LogP contribution in [0.4, 0.5) is 0 Å². The quantitative estimate of drug-likeness (QED) is 0.787. The number of aromatic nitrogens is 3. The fraction of sp³-hybridized carbons (Fsp3) is 0.467. The van der Waals surface area contributed by atoms with E-state index in [9.17, 15) is 0 Å². The Kier molecular flexibility index (Phi) is 3.65. The van der Waals surface area contributed by atoms with Crippen molar-refractivity contribution in [3.05, 3.63) is 46.5 Å². The van der Waals surface area contributed by atoms with Crippen LogP contribution in [0.2, 0.25) is 0 Å². The number of fused-ring (bicyclic) bond motifs is 1. The Balaban J connectivity index is 1.98. The van der Waals surface area contributed by atoms with Gasteiger partial charge in [-0.25, -0.2) is 9.67 Å². The molecule has 1 unspecified atom stereocenters. The van der Waals surface area contributed by atoms with Crippen molar-refractivity contribution in [2.75, 3.05) is 6.61 Å². The molecule has 2 heterocycles. The van der Waals surface area contributed by atoms with Gasteiger partial charge in [0.2, 0.25) is 4.73 Å². The summed E-state index contributed by atoms with van der Waals surface area (Å²) in [4.78, 5) is 4.48. The third kappa shape index (κ3) is 2.79. The molecule has 20 heavy (non-hydrogen) atoms. The molecule has 0 radical (unpaired) electrons. The molecule has 2 aliphatic rings. The second-order valence-corrected chi connectivity index (χ2v) is 6.46. The molecule has 5 heteroatoms. The number of allylic oxidation sites excluding steroid dienone is 4. The van der Waals surface area contributed by atoms with Crippen LogP contribution in [-0.2, 0) is 11.3 Å². The molecule has 0 fully saturated rings. The van der Waals surface area contributed by atoms with Crippen molar-refractivity contribution in [2.24, 2.45) is 5.41 Å². The van der Waals surface area contributed by atoms with Gasteiger partial charge in [-0.15, -0.1) is 5.10 Å². The molecular weight excluding hydrogens is 318 g/mol. The van der Waals surface area contributed by atoms with E-state index in [0.29, 0.717) is 4.73 Å². The van der Waals surface area contributed by atoms with Crippen molar-refractivity contribution in [1.82, 2.24) is 14.8 Å². The zero-order valence-corrected chi connectivity index (χ0v) is 13.3. The van der Waals surface area contributed by atoms with Crippen molar-refractivity contribution in [3.63, 3.8) is 0 Å². The van der Waals surface area contributed by atoms with Gasteiger partial charge in [-0.1, -0.05) is 44.2 Å². The molecule has 3 rings (SSSR count). The summed E-state index contributed by atoms with van der Waals surface area (Å²) in [5.41, 5.74) is 1.19. The molecule has 0 aromatic carbocycles. The molecule has 106 valence electrons. The summed E-state index contributed by atoms with van der Waals surface area (Å²) in [7, 11) is 0. The summed E-state index contributed by atoms with van der Waals surface area (Å²) >= 11 is 3.35. The van der Waals surface area contributed by atoms with Gasteiger partial charge in [0.1, 0.15) is 6.10 Å². The highest BCUT2D eigenvalue weighted by Gasteiger charge is 2.26. The zero-order valence-electron chi connectivity index (χ0n) is 11.7. The maximum absolute atomic E-state index is 6.01. The smallest absolute Gasteiger partial charge is 0.217 e. The first-order valence-corrected chi connectivity index (χ1v) is 7.65. The van der Waals surface area contributed by atoms with E-state index in [1.165, 1.54) is 0 Å². The number of nitrogens with zero attached hydrogens (tertiary/aromatic N) is 3. The van der Waals surface area contributed by atoms with E-state index in [-0.39, 0.29) is 11.5 Å². The predicted molar refractivity (Wildman–Crippen MR) is 81.2 cm³/mol. The average molecular weight is 336 g/mol. The first kappa shape index (κ1) is 13.8. The van der Waals surface area contributed by atoms with Gasteiger partial charge in [-0.3, -0.25) is 0 Å². The third-order valence-electron chi connectivity index (χ3n) is 3.53. The van der Waals surface area contributed by atoms with E-state index in [1.807, 2.05) is 4.68 Å². The minimum absolute atomic E-state index is 0.0667. The van der Waals surface area contributed by atoms with Crippen LogP contribution in [0.25, 0.3) is 0 Å². The van der Waals surface area contributed by atoms with Crippen LogP contribution in [0.1, 0.15) is 32.2 Å². The molecule has 1 aliphatic carbocycles. The number of hydrogen-bond acceptors (Lipinski definition) is 3. The second kappa shape index (κ2) is 5.30. The number of hydrogen-bond donors (Lipinski definition) is 0. The number of ether oxygens (including phenoxy) is 1. The van der Waals surface area contributed by atoms with Crippen molar-refractivity contribution >= 4 is 15.9 Å². The summed E-state index contributed by atoms with van der Waals surface area (Å²) in [6.45, 7) is 5.95.